The van der Waals surface area contributed by atoms with Crippen LogP contribution in [0.4, 0.5) is 5.69 Å². The minimum absolute atomic E-state index is 0.410. The summed E-state index contributed by atoms with van der Waals surface area (Å²) >= 11 is 0. The van der Waals surface area contributed by atoms with Gasteiger partial charge in [0.2, 0.25) is 0 Å². The minimum Gasteiger partial charge on any atom is -0.455 e. The van der Waals surface area contributed by atoms with E-state index in [0.29, 0.717) is 23.6 Å². The molecule has 2 aromatic carbocycles. The number of hydrogen-bond donors (Lipinski definition) is 1. The number of nitrogen functional groups attached to an aromatic ring is 1. The lowest BCUT2D eigenvalue weighted by Gasteiger charge is -2.10. The van der Waals surface area contributed by atoms with E-state index >= 15 is 0 Å². The summed E-state index contributed by atoms with van der Waals surface area (Å²) in [4.78, 5) is 0. The van der Waals surface area contributed by atoms with Crippen molar-refractivity contribution >= 4 is 5.69 Å². The fraction of sp³-hybridized carbons (Fsp3) is 0.133. The molecule has 0 aromatic heterocycles. The number of nitrogens with two attached hydrogens (primary N) is 1. The first kappa shape index (κ1) is 12.0. The zero-order valence-corrected chi connectivity index (χ0v) is 10.2. The number of anilines is 1. The van der Waals surface area contributed by atoms with Gasteiger partial charge >= 0.3 is 0 Å². The van der Waals surface area contributed by atoms with Crippen molar-refractivity contribution in [3.05, 3.63) is 53.6 Å². The van der Waals surface area contributed by atoms with Gasteiger partial charge in [-0.2, -0.15) is 5.26 Å². The average Bonchev–Trinajstić information content (AvgIpc) is 2.38. The van der Waals surface area contributed by atoms with E-state index in [2.05, 4.69) is 6.07 Å². The highest BCUT2D eigenvalue weighted by molar-refractivity contribution is 5.59. The highest BCUT2D eigenvalue weighted by atomic mass is 16.5. The second-order valence-corrected chi connectivity index (χ2v) is 4.07. The van der Waals surface area contributed by atoms with Crippen LogP contribution in [-0.4, -0.2) is 0 Å². The van der Waals surface area contributed by atoms with Crippen molar-refractivity contribution in [1.29, 1.82) is 5.26 Å². The number of hydrogen-bond acceptors (Lipinski definition) is 3. The average molecular weight is 238 g/mol. The van der Waals surface area contributed by atoms with Crippen LogP contribution in [0.5, 0.6) is 11.5 Å². The molecule has 0 aliphatic carbocycles. The first-order valence-electron chi connectivity index (χ1n) is 5.69. The Bertz CT molecular complexity index is 582. The van der Waals surface area contributed by atoms with Gasteiger partial charge in [-0.1, -0.05) is 24.3 Å². The van der Waals surface area contributed by atoms with Crippen molar-refractivity contribution in [2.75, 3.05) is 5.73 Å². The van der Waals surface area contributed by atoms with E-state index in [1.807, 2.05) is 49.4 Å². The van der Waals surface area contributed by atoms with Gasteiger partial charge < -0.3 is 10.5 Å². The van der Waals surface area contributed by atoms with Gasteiger partial charge in [0, 0.05) is 0 Å². The fourth-order valence-corrected chi connectivity index (χ4v) is 1.64. The van der Waals surface area contributed by atoms with Crippen LogP contribution in [0.1, 0.15) is 11.1 Å². The molecule has 0 aliphatic rings. The SMILES string of the molecule is Cc1cccc(Oc2ccc(CC#N)cc2)c1N. The number of nitrogens with zero attached hydrogens (tertiary/aromatic N) is 1. The van der Waals surface area contributed by atoms with Gasteiger partial charge in [0.25, 0.3) is 0 Å². The third-order valence-corrected chi connectivity index (χ3v) is 2.72. The first-order chi connectivity index (χ1) is 8.70. The maximum Gasteiger partial charge on any atom is 0.150 e. The Balaban J connectivity index is 2.19. The van der Waals surface area contributed by atoms with E-state index in [1.165, 1.54) is 0 Å². The van der Waals surface area contributed by atoms with Crippen LogP contribution in [0.2, 0.25) is 0 Å². The van der Waals surface area contributed by atoms with Gasteiger partial charge in [0.1, 0.15) is 5.75 Å². The Morgan fingerprint density at radius 2 is 1.89 bits per heavy atom. The van der Waals surface area contributed by atoms with Crippen LogP contribution >= 0.6 is 0 Å². The third-order valence-electron chi connectivity index (χ3n) is 2.72. The van der Waals surface area contributed by atoms with Crippen LogP contribution in [-0.2, 0) is 6.42 Å². The summed E-state index contributed by atoms with van der Waals surface area (Å²) in [6.07, 6.45) is 0.410. The lowest BCUT2D eigenvalue weighted by Crippen LogP contribution is -1.94. The molecule has 0 saturated heterocycles. The number of para-hydroxylation sites is 1. The van der Waals surface area contributed by atoms with Crippen LogP contribution in [0.25, 0.3) is 0 Å². The molecule has 0 unspecified atom stereocenters. The Kier molecular flexibility index (Phi) is 3.49. The van der Waals surface area contributed by atoms with E-state index in [1.54, 1.807) is 0 Å². The Hall–Kier alpha value is -2.47. The van der Waals surface area contributed by atoms with Crippen molar-refractivity contribution in [2.45, 2.75) is 13.3 Å². The van der Waals surface area contributed by atoms with Crippen molar-refractivity contribution in [1.82, 2.24) is 0 Å². The van der Waals surface area contributed by atoms with E-state index in [4.69, 9.17) is 15.7 Å². The second-order valence-electron chi connectivity index (χ2n) is 4.07. The highest BCUT2D eigenvalue weighted by Crippen LogP contribution is 2.29. The predicted molar refractivity (Wildman–Crippen MR) is 71.4 cm³/mol. The standard InChI is InChI=1S/C15H14N2O/c1-11-3-2-4-14(15(11)17)18-13-7-5-12(6-8-13)9-10-16/h2-8H,9,17H2,1H3. The van der Waals surface area contributed by atoms with Crippen molar-refractivity contribution in [3.8, 4) is 17.6 Å². The summed E-state index contributed by atoms with van der Waals surface area (Å²) in [6.45, 7) is 1.94. The fourth-order valence-electron chi connectivity index (χ4n) is 1.64. The van der Waals surface area contributed by atoms with Crippen LogP contribution in [0.3, 0.4) is 0 Å². The zero-order chi connectivity index (χ0) is 13.0. The zero-order valence-electron chi connectivity index (χ0n) is 10.2. The van der Waals surface area contributed by atoms with Crippen LogP contribution in [0, 0.1) is 18.3 Å². The molecule has 0 amide bonds. The summed E-state index contributed by atoms with van der Waals surface area (Å²) in [5.41, 5.74) is 8.56. The molecule has 3 nitrogen and oxygen atoms in total. The van der Waals surface area contributed by atoms with Crippen molar-refractivity contribution in [2.24, 2.45) is 0 Å². The molecule has 0 spiro atoms. The first-order valence-corrected chi connectivity index (χ1v) is 5.69. The van der Waals surface area contributed by atoms with Gasteiger partial charge in [-0.25, -0.2) is 0 Å². The van der Waals surface area contributed by atoms with Crippen LogP contribution < -0.4 is 10.5 Å². The second kappa shape index (κ2) is 5.24. The predicted octanol–water partition coefficient (Wildman–Crippen LogP) is 3.44. The molecule has 0 heterocycles. The maximum atomic E-state index is 8.59. The lowest BCUT2D eigenvalue weighted by molar-refractivity contribution is 0.484. The Morgan fingerprint density at radius 3 is 2.56 bits per heavy atom. The summed E-state index contributed by atoms with van der Waals surface area (Å²) < 4.78 is 5.72. The smallest absolute Gasteiger partial charge is 0.150 e. The number of rotatable bonds is 3. The molecular weight excluding hydrogens is 224 g/mol. The molecule has 0 atom stereocenters. The molecule has 0 radical (unpaired) electrons. The monoisotopic (exact) mass is 238 g/mol. The Morgan fingerprint density at radius 1 is 1.17 bits per heavy atom. The number of ether oxygens (including phenoxy) is 1. The quantitative estimate of drug-likeness (QED) is 0.833. The summed E-state index contributed by atoms with van der Waals surface area (Å²) in [5, 5.41) is 8.59. The minimum atomic E-state index is 0.410. The van der Waals surface area contributed by atoms with Crippen molar-refractivity contribution in [3.63, 3.8) is 0 Å². The molecule has 3 heteroatoms. The van der Waals surface area contributed by atoms with Gasteiger partial charge in [-0.3, -0.25) is 0 Å². The Labute approximate surface area is 106 Å². The molecule has 2 rings (SSSR count). The summed E-state index contributed by atoms with van der Waals surface area (Å²) in [6, 6.07) is 15.2. The molecule has 0 bridgehead atoms. The number of nitriles is 1. The molecule has 0 fully saturated rings. The van der Waals surface area contributed by atoms with Gasteiger partial charge in [-0.05, 0) is 36.2 Å². The molecule has 90 valence electrons. The summed E-state index contributed by atoms with van der Waals surface area (Å²) in [5.74, 6) is 1.37. The lowest BCUT2D eigenvalue weighted by atomic mass is 10.1. The largest absolute Gasteiger partial charge is 0.455 e. The molecular formula is C15H14N2O. The third kappa shape index (κ3) is 2.61. The van der Waals surface area contributed by atoms with E-state index in [0.717, 1.165) is 11.1 Å². The molecule has 2 aromatic rings. The molecule has 0 aliphatic heterocycles. The summed E-state index contributed by atoms with van der Waals surface area (Å²) in [7, 11) is 0. The van der Waals surface area contributed by atoms with Gasteiger partial charge in [0.05, 0.1) is 18.2 Å². The van der Waals surface area contributed by atoms with Gasteiger partial charge in [0.15, 0.2) is 5.75 Å². The normalized spacial score (nSPS) is 9.78. The topological polar surface area (TPSA) is 59.0 Å². The highest BCUT2D eigenvalue weighted by Gasteiger charge is 2.04. The van der Waals surface area contributed by atoms with Crippen molar-refractivity contribution < 1.29 is 4.74 Å². The van der Waals surface area contributed by atoms with Gasteiger partial charge in [-0.15, -0.1) is 0 Å². The molecule has 0 saturated carbocycles. The maximum absolute atomic E-state index is 8.59. The van der Waals surface area contributed by atoms with E-state index in [9.17, 15) is 0 Å². The van der Waals surface area contributed by atoms with E-state index in [-0.39, 0.29) is 0 Å². The van der Waals surface area contributed by atoms with E-state index < -0.39 is 0 Å². The molecule has 2 N–H and O–H groups in total. The number of aryl methyl sites for hydroxylation is 1. The van der Waals surface area contributed by atoms with Crippen LogP contribution in [0.15, 0.2) is 42.5 Å². The number of benzene rings is 2. The molecule has 18 heavy (non-hydrogen) atoms.